The molecule has 1 aliphatic rings. The minimum Gasteiger partial charge on any atom is -0.481 e. The van der Waals surface area contributed by atoms with E-state index in [-0.39, 0.29) is 5.92 Å². The van der Waals surface area contributed by atoms with Crippen LogP contribution in [0.4, 0.5) is 0 Å². The number of hydrogen-bond donors (Lipinski definition) is 1. The summed E-state index contributed by atoms with van der Waals surface area (Å²) in [5, 5.41) is 10.1. The number of esters is 1. The van der Waals surface area contributed by atoms with Crippen LogP contribution in [0.2, 0.25) is 0 Å². The van der Waals surface area contributed by atoms with Gasteiger partial charge in [0, 0.05) is 23.8 Å². The van der Waals surface area contributed by atoms with Crippen molar-refractivity contribution in [1.82, 2.24) is 4.98 Å². The minimum absolute atomic E-state index is 0.274. The standard InChI is InChI=1S/C26H31NO5/c1-24(2,3)32-22(28)15-14-20-25(4,5)26(20,23(29)30)17-16-18-10-9-13-21(27-18)31-19-11-7-6-8-12-19/h6-15,20H,16-17H2,1-5H3,(H,29,30)/b15-14-/t20-,26+/m1/s1. The second kappa shape index (κ2) is 8.77. The van der Waals surface area contributed by atoms with Gasteiger partial charge in [-0.05, 0) is 57.2 Å². The van der Waals surface area contributed by atoms with Gasteiger partial charge in [-0.15, -0.1) is 0 Å². The summed E-state index contributed by atoms with van der Waals surface area (Å²) in [4.78, 5) is 28.9. The predicted octanol–water partition coefficient (Wildman–Crippen LogP) is 5.43. The van der Waals surface area contributed by atoms with Crippen LogP contribution in [-0.4, -0.2) is 27.6 Å². The van der Waals surface area contributed by atoms with Crippen molar-refractivity contribution >= 4 is 11.9 Å². The van der Waals surface area contributed by atoms with Gasteiger partial charge in [0.25, 0.3) is 0 Å². The quantitative estimate of drug-likeness (QED) is 0.438. The third-order valence-corrected chi connectivity index (χ3v) is 6.11. The highest BCUT2D eigenvalue weighted by molar-refractivity contribution is 5.85. The Morgan fingerprint density at radius 3 is 2.41 bits per heavy atom. The van der Waals surface area contributed by atoms with Gasteiger partial charge in [-0.3, -0.25) is 4.79 Å². The van der Waals surface area contributed by atoms with Crippen LogP contribution in [0.3, 0.4) is 0 Å². The number of benzene rings is 1. The first kappa shape index (κ1) is 23.5. The summed E-state index contributed by atoms with van der Waals surface area (Å²) in [6, 6.07) is 14.9. The molecule has 1 aromatic carbocycles. The van der Waals surface area contributed by atoms with Crippen molar-refractivity contribution < 1.29 is 24.2 Å². The summed E-state index contributed by atoms with van der Waals surface area (Å²) in [6.45, 7) is 9.24. The van der Waals surface area contributed by atoms with E-state index in [4.69, 9.17) is 9.47 Å². The van der Waals surface area contributed by atoms with Crippen molar-refractivity contribution in [2.45, 2.75) is 53.1 Å². The molecule has 0 bridgehead atoms. The number of ether oxygens (including phenoxy) is 2. The van der Waals surface area contributed by atoms with E-state index in [0.717, 1.165) is 5.69 Å². The fourth-order valence-electron chi connectivity index (χ4n) is 4.39. The molecule has 0 saturated heterocycles. The number of aromatic nitrogens is 1. The number of hydrogen-bond acceptors (Lipinski definition) is 5. The van der Waals surface area contributed by atoms with Gasteiger partial charge in [0.2, 0.25) is 5.88 Å². The highest BCUT2D eigenvalue weighted by Crippen LogP contribution is 2.71. The van der Waals surface area contributed by atoms with Gasteiger partial charge in [0.15, 0.2) is 0 Å². The van der Waals surface area contributed by atoms with E-state index in [1.54, 1.807) is 32.9 Å². The van der Waals surface area contributed by atoms with Crippen molar-refractivity contribution in [3.05, 3.63) is 66.4 Å². The van der Waals surface area contributed by atoms with Gasteiger partial charge >= 0.3 is 11.9 Å². The summed E-state index contributed by atoms with van der Waals surface area (Å²) in [5.41, 5.74) is -1.29. The van der Waals surface area contributed by atoms with Crippen LogP contribution in [0.25, 0.3) is 0 Å². The second-order valence-electron chi connectivity index (χ2n) is 9.75. The number of para-hydroxylation sites is 1. The Bertz CT molecular complexity index is 1010. The SMILES string of the molecule is CC(C)(C)OC(=O)/C=C\[C@@H]1C(C)(C)[C@]1(CCc1cccc(Oc2ccccc2)n1)C(=O)O. The molecule has 1 saturated carbocycles. The molecule has 3 rings (SSSR count). The average Bonchev–Trinajstić information content (AvgIpc) is 3.19. The molecule has 1 fully saturated rings. The first-order chi connectivity index (χ1) is 15.0. The van der Waals surface area contributed by atoms with E-state index < -0.39 is 28.4 Å². The Kier molecular flexibility index (Phi) is 6.44. The Morgan fingerprint density at radius 1 is 1.09 bits per heavy atom. The van der Waals surface area contributed by atoms with Crippen LogP contribution in [0.5, 0.6) is 11.6 Å². The van der Waals surface area contributed by atoms with E-state index in [9.17, 15) is 14.7 Å². The highest BCUT2D eigenvalue weighted by Gasteiger charge is 2.74. The maximum Gasteiger partial charge on any atom is 0.330 e. The number of pyridine rings is 1. The lowest BCUT2D eigenvalue weighted by Gasteiger charge is -2.18. The summed E-state index contributed by atoms with van der Waals surface area (Å²) in [7, 11) is 0. The Balaban J connectivity index is 1.71. The van der Waals surface area contributed by atoms with Crippen molar-refractivity contribution in [3.63, 3.8) is 0 Å². The van der Waals surface area contributed by atoms with Crippen LogP contribution in [0.1, 0.15) is 46.7 Å². The van der Waals surface area contributed by atoms with Crippen LogP contribution in [-0.2, 0) is 20.7 Å². The lowest BCUT2D eigenvalue weighted by atomic mass is 9.90. The Morgan fingerprint density at radius 2 is 1.78 bits per heavy atom. The predicted molar refractivity (Wildman–Crippen MR) is 121 cm³/mol. The number of nitrogens with zero attached hydrogens (tertiary/aromatic N) is 1. The topological polar surface area (TPSA) is 85.7 Å². The zero-order valence-corrected chi connectivity index (χ0v) is 19.3. The molecule has 6 nitrogen and oxygen atoms in total. The minimum atomic E-state index is -0.969. The summed E-state index contributed by atoms with van der Waals surface area (Å²) in [6.07, 6.45) is 3.93. The number of allylic oxidation sites excluding steroid dienone is 1. The zero-order valence-electron chi connectivity index (χ0n) is 19.3. The number of rotatable bonds is 8. The molecule has 0 amide bonds. The molecule has 6 heteroatoms. The van der Waals surface area contributed by atoms with Gasteiger partial charge in [0.1, 0.15) is 11.4 Å². The number of carbonyl (C=O) groups excluding carboxylic acids is 1. The van der Waals surface area contributed by atoms with Crippen LogP contribution in [0.15, 0.2) is 60.7 Å². The number of carbonyl (C=O) groups is 2. The number of carboxylic acid groups (broad SMARTS) is 1. The summed E-state index contributed by atoms with van der Waals surface area (Å²) >= 11 is 0. The monoisotopic (exact) mass is 437 g/mol. The molecular formula is C26H31NO5. The number of aliphatic carboxylic acids is 1. The molecule has 170 valence electrons. The van der Waals surface area contributed by atoms with Gasteiger partial charge < -0.3 is 14.6 Å². The lowest BCUT2D eigenvalue weighted by molar-refractivity contribution is -0.149. The molecule has 0 unspecified atom stereocenters. The first-order valence-electron chi connectivity index (χ1n) is 10.8. The molecule has 32 heavy (non-hydrogen) atoms. The van der Waals surface area contributed by atoms with E-state index >= 15 is 0 Å². The normalized spacial score (nSPS) is 21.8. The summed E-state index contributed by atoms with van der Waals surface area (Å²) < 4.78 is 11.1. The molecule has 0 radical (unpaired) electrons. The van der Waals surface area contributed by atoms with Gasteiger partial charge in [-0.2, -0.15) is 0 Å². The van der Waals surface area contributed by atoms with E-state index in [1.165, 1.54) is 6.08 Å². The van der Waals surface area contributed by atoms with Gasteiger partial charge in [0.05, 0.1) is 5.41 Å². The van der Waals surface area contributed by atoms with Crippen LogP contribution >= 0.6 is 0 Å². The fourth-order valence-corrected chi connectivity index (χ4v) is 4.39. The van der Waals surface area contributed by atoms with Crippen LogP contribution in [0, 0.1) is 16.7 Å². The molecule has 2 atom stereocenters. The zero-order chi connectivity index (χ0) is 23.6. The molecule has 1 aliphatic carbocycles. The fraction of sp³-hybridized carbons (Fsp3) is 0.423. The molecule has 1 aromatic heterocycles. The second-order valence-corrected chi connectivity index (χ2v) is 9.75. The Hall–Kier alpha value is -3.15. The van der Waals surface area contributed by atoms with E-state index in [0.29, 0.717) is 24.5 Å². The molecular weight excluding hydrogens is 406 g/mol. The van der Waals surface area contributed by atoms with Gasteiger partial charge in [-0.1, -0.05) is 44.2 Å². The van der Waals surface area contributed by atoms with Crippen molar-refractivity contribution in [2.24, 2.45) is 16.7 Å². The third kappa shape index (κ3) is 5.01. The highest BCUT2D eigenvalue weighted by atomic mass is 16.6. The maximum absolute atomic E-state index is 12.3. The first-order valence-corrected chi connectivity index (χ1v) is 10.8. The molecule has 1 heterocycles. The van der Waals surface area contributed by atoms with Crippen LogP contribution < -0.4 is 4.74 Å². The summed E-state index contributed by atoms with van der Waals surface area (Å²) in [5.74, 6) is -0.446. The largest absolute Gasteiger partial charge is 0.481 e. The number of carboxylic acids is 1. The van der Waals surface area contributed by atoms with E-state index in [1.807, 2.05) is 56.3 Å². The Labute approximate surface area is 189 Å². The van der Waals surface area contributed by atoms with Crippen molar-refractivity contribution in [1.29, 1.82) is 0 Å². The molecule has 0 spiro atoms. The maximum atomic E-state index is 12.3. The number of aryl methyl sites for hydroxylation is 1. The average molecular weight is 438 g/mol. The van der Waals surface area contributed by atoms with E-state index in [2.05, 4.69) is 4.98 Å². The van der Waals surface area contributed by atoms with Crippen molar-refractivity contribution in [3.8, 4) is 11.6 Å². The smallest absolute Gasteiger partial charge is 0.330 e. The third-order valence-electron chi connectivity index (χ3n) is 6.11. The molecule has 0 aliphatic heterocycles. The van der Waals surface area contributed by atoms with Gasteiger partial charge in [-0.25, -0.2) is 9.78 Å². The van der Waals surface area contributed by atoms with Crippen molar-refractivity contribution in [2.75, 3.05) is 0 Å². The molecule has 2 aromatic rings. The molecule has 1 N–H and O–H groups in total. The lowest BCUT2D eigenvalue weighted by Crippen LogP contribution is -2.23.